The van der Waals surface area contributed by atoms with Crippen LogP contribution in [0.1, 0.15) is 46.5 Å². The molecule has 3 unspecified atom stereocenters. The molecule has 0 aliphatic heterocycles. The van der Waals surface area contributed by atoms with E-state index in [1.807, 2.05) is 6.92 Å². The highest BCUT2D eigenvalue weighted by Crippen LogP contribution is 2.45. The minimum absolute atomic E-state index is 0.103. The average molecular weight is 195 g/mol. The van der Waals surface area contributed by atoms with Gasteiger partial charge < -0.3 is 4.74 Å². The van der Waals surface area contributed by atoms with Gasteiger partial charge in [-0.05, 0) is 32.1 Å². The van der Waals surface area contributed by atoms with Crippen LogP contribution in [0.5, 0.6) is 0 Å². The van der Waals surface area contributed by atoms with E-state index in [2.05, 4.69) is 19.9 Å². The molecular formula is C12H21NO. The second-order valence-electron chi connectivity index (χ2n) is 4.64. The molecule has 0 spiro atoms. The Labute approximate surface area is 87.3 Å². The molecule has 2 heteroatoms. The third-order valence-corrected chi connectivity index (χ3v) is 3.54. The van der Waals surface area contributed by atoms with Gasteiger partial charge in [-0.3, -0.25) is 0 Å². The van der Waals surface area contributed by atoms with Gasteiger partial charge in [0.25, 0.3) is 0 Å². The lowest BCUT2D eigenvalue weighted by Gasteiger charge is -2.29. The van der Waals surface area contributed by atoms with Crippen molar-refractivity contribution >= 4 is 0 Å². The number of hydrogen-bond acceptors (Lipinski definition) is 2. The summed E-state index contributed by atoms with van der Waals surface area (Å²) in [4.78, 5) is 0. The Morgan fingerprint density at radius 2 is 2.29 bits per heavy atom. The number of nitriles is 1. The summed E-state index contributed by atoms with van der Waals surface area (Å²) in [7, 11) is 0. The van der Waals surface area contributed by atoms with Crippen molar-refractivity contribution in [1.82, 2.24) is 0 Å². The third-order valence-electron chi connectivity index (χ3n) is 3.54. The molecule has 0 saturated heterocycles. The molecule has 14 heavy (non-hydrogen) atoms. The van der Waals surface area contributed by atoms with E-state index in [9.17, 15) is 0 Å². The van der Waals surface area contributed by atoms with Gasteiger partial charge in [-0.2, -0.15) is 5.26 Å². The Hall–Kier alpha value is -0.550. The van der Waals surface area contributed by atoms with Crippen LogP contribution in [-0.2, 0) is 4.74 Å². The fourth-order valence-corrected chi connectivity index (χ4v) is 2.54. The molecule has 1 fully saturated rings. The normalized spacial score (nSPS) is 34.0. The highest BCUT2D eigenvalue weighted by molar-refractivity contribution is 5.01. The lowest BCUT2D eigenvalue weighted by molar-refractivity contribution is 0.0107. The minimum Gasteiger partial charge on any atom is -0.363 e. The standard InChI is InChI=1S/C12H21NO/c1-4-10-6-7-12(3,8-10)11(9-13)14-5-2/h10-11H,4-8H2,1-3H3. The number of nitrogens with zero attached hydrogens (tertiary/aromatic N) is 1. The predicted molar refractivity (Wildman–Crippen MR) is 56.8 cm³/mol. The van der Waals surface area contributed by atoms with Gasteiger partial charge in [0, 0.05) is 12.0 Å². The van der Waals surface area contributed by atoms with Crippen molar-refractivity contribution in [3.8, 4) is 6.07 Å². The summed E-state index contributed by atoms with van der Waals surface area (Å²) in [6, 6.07) is 2.31. The summed E-state index contributed by atoms with van der Waals surface area (Å²) >= 11 is 0. The molecule has 80 valence electrons. The fourth-order valence-electron chi connectivity index (χ4n) is 2.54. The van der Waals surface area contributed by atoms with E-state index in [1.54, 1.807) is 0 Å². The first-order chi connectivity index (χ1) is 6.66. The molecule has 1 rings (SSSR count). The Morgan fingerprint density at radius 1 is 1.57 bits per heavy atom. The van der Waals surface area contributed by atoms with Crippen molar-refractivity contribution in [2.75, 3.05) is 6.61 Å². The van der Waals surface area contributed by atoms with Crippen LogP contribution in [0.2, 0.25) is 0 Å². The highest BCUT2D eigenvalue weighted by atomic mass is 16.5. The van der Waals surface area contributed by atoms with Crippen molar-refractivity contribution in [2.45, 2.75) is 52.6 Å². The van der Waals surface area contributed by atoms with Crippen LogP contribution in [0.4, 0.5) is 0 Å². The maximum atomic E-state index is 9.07. The van der Waals surface area contributed by atoms with Gasteiger partial charge in [0.05, 0.1) is 6.07 Å². The van der Waals surface area contributed by atoms with Crippen LogP contribution < -0.4 is 0 Å². The Kier molecular flexibility index (Phi) is 3.95. The van der Waals surface area contributed by atoms with Crippen LogP contribution >= 0.6 is 0 Å². The Balaban J connectivity index is 2.61. The van der Waals surface area contributed by atoms with Crippen molar-refractivity contribution < 1.29 is 4.74 Å². The lowest BCUT2D eigenvalue weighted by atomic mass is 9.82. The number of ether oxygens (including phenoxy) is 1. The summed E-state index contributed by atoms with van der Waals surface area (Å²) in [5.41, 5.74) is 0.103. The smallest absolute Gasteiger partial charge is 0.149 e. The van der Waals surface area contributed by atoms with Crippen molar-refractivity contribution in [3.63, 3.8) is 0 Å². The van der Waals surface area contributed by atoms with Gasteiger partial charge in [0.15, 0.2) is 0 Å². The van der Waals surface area contributed by atoms with E-state index in [1.165, 1.54) is 12.8 Å². The molecule has 1 aliphatic carbocycles. The largest absolute Gasteiger partial charge is 0.363 e. The predicted octanol–water partition coefficient (Wildman–Crippen LogP) is 3.13. The second kappa shape index (κ2) is 4.79. The zero-order chi connectivity index (χ0) is 10.6. The molecule has 0 aromatic heterocycles. The molecule has 0 bridgehead atoms. The molecule has 0 aromatic rings. The second-order valence-corrected chi connectivity index (χ2v) is 4.64. The maximum Gasteiger partial charge on any atom is 0.149 e. The minimum atomic E-state index is -0.205. The van der Waals surface area contributed by atoms with E-state index in [0.717, 1.165) is 18.8 Å². The number of hydrogen-bond donors (Lipinski definition) is 0. The molecule has 3 atom stereocenters. The van der Waals surface area contributed by atoms with Crippen LogP contribution in [-0.4, -0.2) is 12.7 Å². The summed E-state index contributed by atoms with van der Waals surface area (Å²) in [6.07, 6.45) is 4.59. The third kappa shape index (κ3) is 2.27. The summed E-state index contributed by atoms with van der Waals surface area (Å²) in [5, 5.41) is 9.07. The molecule has 0 aromatic carbocycles. The van der Waals surface area contributed by atoms with Gasteiger partial charge in [-0.1, -0.05) is 20.3 Å². The SMILES string of the molecule is CCOC(C#N)C1(C)CCC(CC)C1. The molecule has 1 aliphatic rings. The highest BCUT2D eigenvalue weighted by Gasteiger charge is 2.41. The molecular weight excluding hydrogens is 174 g/mol. The maximum absolute atomic E-state index is 9.07. The van der Waals surface area contributed by atoms with Crippen LogP contribution in [0, 0.1) is 22.7 Å². The summed E-state index contributed by atoms with van der Waals surface area (Å²) in [6.45, 7) is 7.04. The first kappa shape index (κ1) is 11.5. The van der Waals surface area contributed by atoms with Gasteiger partial charge >= 0.3 is 0 Å². The first-order valence-electron chi connectivity index (χ1n) is 5.67. The molecule has 1 saturated carbocycles. The van der Waals surface area contributed by atoms with E-state index < -0.39 is 0 Å². The zero-order valence-electron chi connectivity index (χ0n) is 9.55. The topological polar surface area (TPSA) is 33.0 Å². The van der Waals surface area contributed by atoms with Crippen molar-refractivity contribution in [2.24, 2.45) is 11.3 Å². The molecule has 2 nitrogen and oxygen atoms in total. The van der Waals surface area contributed by atoms with Crippen molar-refractivity contribution in [1.29, 1.82) is 5.26 Å². The molecule has 0 radical (unpaired) electrons. The van der Waals surface area contributed by atoms with Gasteiger partial charge in [-0.25, -0.2) is 0 Å². The van der Waals surface area contributed by atoms with Crippen LogP contribution in [0.3, 0.4) is 0 Å². The average Bonchev–Trinajstić information content (AvgIpc) is 2.57. The molecule has 0 N–H and O–H groups in total. The van der Waals surface area contributed by atoms with E-state index in [4.69, 9.17) is 10.00 Å². The summed E-state index contributed by atoms with van der Waals surface area (Å²) in [5.74, 6) is 0.802. The van der Waals surface area contributed by atoms with Crippen molar-refractivity contribution in [3.05, 3.63) is 0 Å². The van der Waals surface area contributed by atoms with E-state index >= 15 is 0 Å². The van der Waals surface area contributed by atoms with Crippen LogP contribution in [0.15, 0.2) is 0 Å². The quantitative estimate of drug-likeness (QED) is 0.690. The zero-order valence-corrected chi connectivity index (χ0v) is 9.55. The van der Waals surface area contributed by atoms with Crippen LogP contribution in [0.25, 0.3) is 0 Å². The Morgan fingerprint density at radius 3 is 2.71 bits per heavy atom. The van der Waals surface area contributed by atoms with E-state index in [0.29, 0.717) is 6.61 Å². The molecule has 0 amide bonds. The lowest BCUT2D eigenvalue weighted by Crippen LogP contribution is -2.31. The Bertz CT molecular complexity index is 221. The first-order valence-corrected chi connectivity index (χ1v) is 5.67. The molecule has 0 heterocycles. The number of rotatable bonds is 4. The van der Waals surface area contributed by atoms with Gasteiger partial charge in [-0.15, -0.1) is 0 Å². The fraction of sp³-hybridized carbons (Fsp3) is 0.917. The van der Waals surface area contributed by atoms with Gasteiger partial charge in [0.1, 0.15) is 6.10 Å². The van der Waals surface area contributed by atoms with Gasteiger partial charge in [0.2, 0.25) is 0 Å². The monoisotopic (exact) mass is 195 g/mol. The summed E-state index contributed by atoms with van der Waals surface area (Å²) < 4.78 is 5.51. The van der Waals surface area contributed by atoms with E-state index in [-0.39, 0.29) is 11.5 Å².